The predicted molar refractivity (Wildman–Crippen MR) is 103 cm³/mol. The lowest BCUT2D eigenvalue weighted by atomic mass is 10.3. The second-order valence-electron chi connectivity index (χ2n) is 6.01. The molecule has 7 nitrogen and oxygen atoms in total. The average Bonchev–Trinajstić information content (AvgIpc) is 3.09. The van der Waals surface area contributed by atoms with Gasteiger partial charge in [-0.3, -0.25) is 14.2 Å². The first kappa shape index (κ1) is 17.9. The number of carbonyl (C=O) groups is 1. The van der Waals surface area contributed by atoms with Gasteiger partial charge >= 0.3 is 0 Å². The molecule has 28 heavy (non-hydrogen) atoms. The highest BCUT2D eigenvalue weighted by atomic mass is 35.5. The fraction of sp³-hybridized carbons (Fsp3) is 0.0526. The molecule has 0 saturated heterocycles. The van der Waals surface area contributed by atoms with Gasteiger partial charge in [-0.15, -0.1) is 0 Å². The Labute approximate surface area is 163 Å². The molecule has 0 radical (unpaired) electrons. The van der Waals surface area contributed by atoms with Crippen LogP contribution in [0.25, 0.3) is 16.7 Å². The molecule has 1 amide bonds. The van der Waals surface area contributed by atoms with Crippen LogP contribution in [0.15, 0.2) is 65.8 Å². The summed E-state index contributed by atoms with van der Waals surface area (Å²) in [5, 5.41) is 7.61. The summed E-state index contributed by atoms with van der Waals surface area (Å²) in [6, 6.07) is 12.4. The maximum Gasteiger partial charge on any atom is 0.264 e. The smallest absolute Gasteiger partial charge is 0.264 e. The van der Waals surface area contributed by atoms with Crippen molar-refractivity contribution < 1.29 is 9.18 Å². The van der Waals surface area contributed by atoms with Crippen molar-refractivity contribution in [2.75, 3.05) is 5.32 Å². The van der Waals surface area contributed by atoms with E-state index in [2.05, 4.69) is 15.4 Å². The van der Waals surface area contributed by atoms with Gasteiger partial charge in [0.15, 0.2) is 5.65 Å². The van der Waals surface area contributed by atoms with E-state index in [0.717, 1.165) is 0 Å². The van der Waals surface area contributed by atoms with E-state index >= 15 is 0 Å². The highest BCUT2D eigenvalue weighted by Crippen LogP contribution is 2.16. The molecule has 0 atom stereocenters. The highest BCUT2D eigenvalue weighted by Gasteiger charge is 2.13. The zero-order valence-electron chi connectivity index (χ0n) is 14.3. The number of rotatable bonds is 4. The molecule has 0 saturated carbocycles. The minimum atomic E-state index is -0.473. The monoisotopic (exact) mass is 397 g/mol. The second kappa shape index (κ2) is 7.24. The molecule has 0 spiro atoms. The number of nitrogens with one attached hydrogen (secondary N) is 1. The molecule has 9 heteroatoms. The lowest BCUT2D eigenvalue weighted by molar-refractivity contribution is -0.116. The van der Waals surface area contributed by atoms with Gasteiger partial charge in [0.25, 0.3) is 5.56 Å². The predicted octanol–water partition coefficient (Wildman–Crippen LogP) is 3.01. The fourth-order valence-electron chi connectivity index (χ4n) is 2.75. The van der Waals surface area contributed by atoms with Gasteiger partial charge in [-0.25, -0.2) is 14.1 Å². The van der Waals surface area contributed by atoms with E-state index in [-0.39, 0.29) is 11.9 Å². The van der Waals surface area contributed by atoms with Crippen LogP contribution in [0.3, 0.4) is 0 Å². The van der Waals surface area contributed by atoms with E-state index < -0.39 is 17.3 Å². The number of benzene rings is 2. The van der Waals surface area contributed by atoms with E-state index in [0.29, 0.717) is 22.0 Å². The zero-order valence-corrected chi connectivity index (χ0v) is 15.1. The molecule has 0 aliphatic rings. The molecule has 4 rings (SSSR count). The number of halogens is 2. The first-order valence-corrected chi connectivity index (χ1v) is 8.63. The number of carbonyl (C=O) groups excluding carboxylic acids is 1. The molecular formula is C19H13ClFN5O2. The van der Waals surface area contributed by atoms with Crippen LogP contribution in [-0.4, -0.2) is 25.2 Å². The van der Waals surface area contributed by atoms with Crippen molar-refractivity contribution in [3.05, 3.63) is 82.2 Å². The van der Waals surface area contributed by atoms with Crippen molar-refractivity contribution in [3.8, 4) is 5.69 Å². The first-order valence-electron chi connectivity index (χ1n) is 8.26. The summed E-state index contributed by atoms with van der Waals surface area (Å²) in [7, 11) is 0. The number of hydrogen-bond acceptors (Lipinski definition) is 4. The van der Waals surface area contributed by atoms with Crippen LogP contribution < -0.4 is 10.9 Å². The molecular weight excluding hydrogens is 385 g/mol. The molecule has 4 aromatic rings. The summed E-state index contributed by atoms with van der Waals surface area (Å²) in [5.74, 6) is -0.938. The minimum Gasteiger partial charge on any atom is -0.324 e. The van der Waals surface area contributed by atoms with Crippen LogP contribution in [0.2, 0.25) is 5.02 Å². The van der Waals surface area contributed by atoms with Crippen molar-refractivity contribution in [2.24, 2.45) is 0 Å². The molecule has 0 aliphatic heterocycles. The maximum absolute atomic E-state index is 13.2. The van der Waals surface area contributed by atoms with Gasteiger partial charge in [0, 0.05) is 10.7 Å². The standard InChI is InChI=1S/C19H13ClFN5O2/c20-12-4-6-15(7-5-12)26-18-16(9-23-26)19(28)25(11-22-18)10-17(27)24-14-3-1-2-13(21)8-14/h1-9,11H,10H2,(H,24,27). The van der Waals surface area contributed by atoms with E-state index in [1.54, 1.807) is 30.3 Å². The lowest BCUT2D eigenvalue weighted by Gasteiger charge is -2.08. The van der Waals surface area contributed by atoms with Gasteiger partial charge in [-0.2, -0.15) is 5.10 Å². The summed E-state index contributed by atoms with van der Waals surface area (Å²) in [6.07, 6.45) is 2.68. The molecule has 0 fully saturated rings. The third-order valence-corrected chi connectivity index (χ3v) is 4.30. The van der Waals surface area contributed by atoms with Crippen LogP contribution in [0.4, 0.5) is 10.1 Å². The van der Waals surface area contributed by atoms with Crippen LogP contribution in [0.1, 0.15) is 0 Å². The largest absolute Gasteiger partial charge is 0.324 e. The number of hydrogen-bond donors (Lipinski definition) is 1. The Kier molecular flexibility index (Phi) is 4.62. The topological polar surface area (TPSA) is 81.8 Å². The van der Waals surface area contributed by atoms with Crippen LogP contribution in [0.5, 0.6) is 0 Å². The normalized spacial score (nSPS) is 10.9. The van der Waals surface area contributed by atoms with E-state index in [1.807, 2.05) is 0 Å². The van der Waals surface area contributed by atoms with Crippen LogP contribution in [0, 0.1) is 5.82 Å². The Morgan fingerprint density at radius 2 is 1.96 bits per heavy atom. The number of aromatic nitrogens is 4. The molecule has 0 aliphatic carbocycles. The van der Waals surface area contributed by atoms with Crippen LogP contribution >= 0.6 is 11.6 Å². The molecule has 1 N–H and O–H groups in total. The van der Waals surface area contributed by atoms with E-state index in [9.17, 15) is 14.0 Å². The second-order valence-corrected chi connectivity index (χ2v) is 6.44. The molecule has 140 valence electrons. The summed E-state index contributed by atoms with van der Waals surface area (Å²) in [4.78, 5) is 29.1. The zero-order chi connectivity index (χ0) is 19.7. The quantitative estimate of drug-likeness (QED) is 0.574. The Hall–Kier alpha value is -3.52. The minimum absolute atomic E-state index is 0.260. The van der Waals surface area contributed by atoms with Gasteiger partial charge in [-0.1, -0.05) is 17.7 Å². The fourth-order valence-corrected chi connectivity index (χ4v) is 2.88. The van der Waals surface area contributed by atoms with Crippen molar-refractivity contribution in [1.82, 2.24) is 19.3 Å². The van der Waals surface area contributed by atoms with Gasteiger partial charge in [0.05, 0.1) is 11.9 Å². The third kappa shape index (κ3) is 3.49. The SMILES string of the molecule is O=C(Cn1cnc2c(cnn2-c2ccc(Cl)cc2)c1=O)Nc1cccc(F)c1. The van der Waals surface area contributed by atoms with Crippen molar-refractivity contribution >= 4 is 34.2 Å². The molecule has 0 bridgehead atoms. The molecule has 0 unspecified atom stereocenters. The van der Waals surface area contributed by atoms with Crippen molar-refractivity contribution in [1.29, 1.82) is 0 Å². The van der Waals surface area contributed by atoms with Crippen LogP contribution in [-0.2, 0) is 11.3 Å². The van der Waals surface area contributed by atoms with Crippen molar-refractivity contribution in [2.45, 2.75) is 6.54 Å². The van der Waals surface area contributed by atoms with E-state index in [4.69, 9.17) is 11.6 Å². The van der Waals surface area contributed by atoms with Gasteiger partial charge in [0.1, 0.15) is 24.1 Å². The first-order chi connectivity index (χ1) is 13.5. The Balaban J connectivity index is 1.61. The van der Waals surface area contributed by atoms with Crippen molar-refractivity contribution in [3.63, 3.8) is 0 Å². The Morgan fingerprint density at radius 3 is 2.71 bits per heavy atom. The molecule has 2 aromatic carbocycles. The molecule has 2 aromatic heterocycles. The highest BCUT2D eigenvalue weighted by molar-refractivity contribution is 6.30. The summed E-state index contributed by atoms with van der Waals surface area (Å²) in [5.41, 5.74) is 0.976. The van der Waals surface area contributed by atoms with Gasteiger partial charge < -0.3 is 5.32 Å². The van der Waals surface area contributed by atoms with Gasteiger partial charge in [0.2, 0.25) is 5.91 Å². The summed E-state index contributed by atoms with van der Waals surface area (Å²) < 4.78 is 15.9. The van der Waals surface area contributed by atoms with Gasteiger partial charge in [-0.05, 0) is 42.5 Å². The Morgan fingerprint density at radius 1 is 1.18 bits per heavy atom. The summed E-state index contributed by atoms with van der Waals surface area (Å²) >= 11 is 5.90. The maximum atomic E-state index is 13.2. The summed E-state index contributed by atoms with van der Waals surface area (Å²) in [6.45, 7) is -0.260. The average molecular weight is 398 g/mol. The number of amides is 1. The molecule has 2 heterocycles. The third-order valence-electron chi connectivity index (χ3n) is 4.05. The number of anilines is 1. The lowest BCUT2D eigenvalue weighted by Crippen LogP contribution is -2.27. The van der Waals surface area contributed by atoms with E-state index in [1.165, 1.54) is 40.0 Å². The number of nitrogens with zero attached hydrogens (tertiary/aromatic N) is 4. The number of fused-ring (bicyclic) bond motifs is 1. The Bertz CT molecular complexity index is 1230.